The van der Waals surface area contributed by atoms with Crippen LogP contribution in [0.15, 0.2) is 45.2 Å². The van der Waals surface area contributed by atoms with Gasteiger partial charge in [-0.25, -0.2) is 4.98 Å². The van der Waals surface area contributed by atoms with E-state index in [1.165, 1.54) is 0 Å². The van der Waals surface area contributed by atoms with Crippen LogP contribution in [-0.4, -0.2) is 30.4 Å². The molecule has 0 bridgehead atoms. The molecule has 0 aliphatic carbocycles. The minimum atomic E-state index is 0.430. The Morgan fingerprint density at radius 3 is 2.90 bits per heavy atom. The van der Waals surface area contributed by atoms with Gasteiger partial charge in [0.15, 0.2) is 5.96 Å². The number of thiazole rings is 1. The predicted octanol–water partition coefficient (Wildman–Crippen LogP) is 3.06. The molecule has 0 radical (unpaired) electrons. The fourth-order valence-electron chi connectivity index (χ4n) is 1.57. The zero-order chi connectivity index (χ0) is 14.9. The summed E-state index contributed by atoms with van der Waals surface area (Å²) in [5.41, 5.74) is 6.74. The molecular formula is C14H18N4OS2. The van der Waals surface area contributed by atoms with Crippen molar-refractivity contribution in [3.63, 3.8) is 0 Å². The van der Waals surface area contributed by atoms with Crippen molar-refractivity contribution in [1.29, 1.82) is 0 Å². The number of rotatable bonds is 7. The largest absolute Gasteiger partial charge is 0.497 e. The second kappa shape index (κ2) is 8.53. The van der Waals surface area contributed by atoms with E-state index in [4.69, 9.17) is 10.5 Å². The van der Waals surface area contributed by atoms with Gasteiger partial charge in [-0.3, -0.25) is 4.99 Å². The summed E-state index contributed by atoms with van der Waals surface area (Å²) in [7, 11) is 1.64. The van der Waals surface area contributed by atoms with Crippen LogP contribution in [0.1, 0.15) is 6.42 Å². The molecule has 0 spiro atoms. The highest BCUT2D eigenvalue weighted by atomic mass is 32.2. The van der Waals surface area contributed by atoms with E-state index in [1.54, 1.807) is 30.2 Å². The van der Waals surface area contributed by atoms with E-state index in [-0.39, 0.29) is 0 Å². The summed E-state index contributed by atoms with van der Waals surface area (Å²) < 4.78 is 6.20. The Kier molecular flexibility index (Phi) is 6.36. The number of aliphatic imine (C=N–C) groups is 1. The van der Waals surface area contributed by atoms with Gasteiger partial charge in [-0.2, -0.15) is 0 Å². The normalized spacial score (nSPS) is 11.4. The third-order valence-corrected chi connectivity index (χ3v) is 4.63. The zero-order valence-corrected chi connectivity index (χ0v) is 13.4. The van der Waals surface area contributed by atoms with Crippen molar-refractivity contribution in [2.75, 3.05) is 24.7 Å². The number of benzene rings is 1. The molecule has 112 valence electrons. The molecule has 0 fully saturated rings. The van der Waals surface area contributed by atoms with E-state index >= 15 is 0 Å². The SMILES string of the molecule is COc1ccc(NC(N)=NCCCSc2nccs2)cc1. The van der Waals surface area contributed by atoms with Crippen molar-refractivity contribution < 1.29 is 4.74 Å². The molecule has 1 aromatic carbocycles. The zero-order valence-electron chi connectivity index (χ0n) is 11.8. The molecule has 0 aliphatic rings. The molecule has 0 aliphatic heterocycles. The van der Waals surface area contributed by atoms with Crippen molar-refractivity contribution >= 4 is 34.7 Å². The molecule has 2 aromatic rings. The average Bonchev–Trinajstić information content (AvgIpc) is 3.01. The molecule has 1 heterocycles. The van der Waals surface area contributed by atoms with E-state index in [1.807, 2.05) is 35.8 Å². The summed E-state index contributed by atoms with van der Waals surface area (Å²) in [5.74, 6) is 2.24. The maximum absolute atomic E-state index is 5.84. The Hall–Kier alpha value is -1.73. The van der Waals surface area contributed by atoms with Crippen LogP contribution in [-0.2, 0) is 0 Å². The van der Waals surface area contributed by atoms with Gasteiger partial charge < -0.3 is 15.8 Å². The third-order valence-electron chi connectivity index (χ3n) is 2.58. The lowest BCUT2D eigenvalue weighted by molar-refractivity contribution is 0.415. The molecule has 3 N–H and O–H groups in total. The molecule has 7 heteroatoms. The van der Waals surface area contributed by atoms with Crippen LogP contribution in [0.2, 0.25) is 0 Å². The summed E-state index contributed by atoms with van der Waals surface area (Å²) in [6.45, 7) is 0.702. The van der Waals surface area contributed by atoms with Gasteiger partial charge in [0.1, 0.15) is 10.1 Å². The Morgan fingerprint density at radius 1 is 1.43 bits per heavy atom. The predicted molar refractivity (Wildman–Crippen MR) is 90.6 cm³/mol. The van der Waals surface area contributed by atoms with Crippen molar-refractivity contribution in [2.45, 2.75) is 10.8 Å². The Balaban J connectivity index is 1.68. The van der Waals surface area contributed by atoms with Gasteiger partial charge in [-0.15, -0.1) is 11.3 Å². The van der Waals surface area contributed by atoms with Gasteiger partial charge in [-0.1, -0.05) is 11.8 Å². The highest BCUT2D eigenvalue weighted by molar-refractivity contribution is 8.00. The monoisotopic (exact) mass is 322 g/mol. The van der Waals surface area contributed by atoms with Crippen molar-refractivity contribution in [2.24, 2.45) is 10.7 Å². The lowest BCUT2D eigenvalue weighted by Crippen LogP contribution is -2.22. The van der Waals surface area contributed by atoms with E-state index in [9.17, 15) is 0 Å². The summed E-state index contributed by atoms with van der Waals surface area (Å²) in [4.78, 5) is 8.52. The number of nitrogens with one attached hydrogen (secondary N) is 1. The fraction of sp³-hybridized carbons (Fsp3) is 0.286. The summed E-state index contributed by atoms with van der Waals surface area (Å²) in [6, 6.07) is 7.56. The van der Waals surface area contributed by atoms with Crippen LogP contribution in [0, 0.1) is 0 Å². The number of hydrogen-bond acceptors (Lipinski definition) is 5. The molecule has 5 nitrogen and oxygen atoms in total. The average molecular weight is 322 g/mol. The van der Waals surface area contributed by atoms with Crippen molar-refractivity contribution in [3.05, 3.63) is 35.8 Å². The number of nitrogens with zero attached hydrogens (tertiary/aromatic N) is 2. The first-order chi connectivity index (χ1) is 10.3. The van der Waals surface area contributed by atoms with Gasteiger partial charge in [0, 0.05) is 29.6 Å². The van der Waals surface area contributed by atoms with E-state index in [2.05, 4.69) is 15.3 Å². The van der Waals surface area contributed by atoms with Gasteiger partial charge in [0.2, 0.25) is 0 Å². The molecular weight excluding hydrogens is 304 g/mol. The van der Waals surface area contributed by atoms with Crippen molar-refractivity contribution in [1.82, 2.24) is 4.98 Å². The highest BCUT2D eigenvalue weighted by Crippen LogP contribution is 2.20. The summed E-state index contributed by atoms with van der Waals surface area (Å²) in [6.07, 6.45) is 2.79. The Bertz CT molecular complexity index is 555. The van der Waals surface area contributed by atoms with Gasteiger partial charge in [0.05, 0.1) is 7.11 Å². The number of anilines is 1. The topological polar surface area (TPSA) is 72.5 Å². The maximum Gasteiger partial charge on any atom is 0.193 e. The molecule has 1 aromatic heterocycles. The summed E-state index contributed by atoms with van der Waals surface area (Å²) >= 11 is 3.41. The minimum absolute atomic E-state index is 0.430. The standard InChI is InChI=1S/C14H18N4OS2/c1-19-12-5-3-11(4-6-12)18-13(15)16-7-2-9-20-14-17-8-10-21-14/h3-6,8,10H,2,7,9H2,1H3,(H3,15,16,18). The Labute approximate surface area is 132 Å². The van der Waals surface area contributed by atoms with Crippen LogP contribution in [0.5, 0.6) is 5.75 Å². The minimum Gasteiger partial charge on any atom is -0.497 e. The number of aromatic nitrogens is 1. The van der Waals surface area contributed by atoms with Crippen LogP contribution in [0.3, 0.4) is 0 Å². The number of nitrogens with two attached hydrogens (primary N) is 1. The van der Waals surface area contributed by atoms with E-state index < -0.39 is 0 Å². The second-order valence-corrected chi connectivity index (χ2v) is 6.36. The van der Waals surface area contributed by atoms with Gasteiger partial charge in [-0.05, 0) is 30.7 Å². The smallest absolute Gasteiger partial charge is 0.193 e. The maximum atomic E-state index is 5.84. The molecule has 0 atom stereocenters. The molecule has 2 rings (SSSR count). The molecule has 0 saturated carbocycles. The van der Waals surface area contributed by atoms with Crippen LogP contribution in [0.4, 0.5) is 5.69 Å². The Morgan fingerprint density at radius 2 is 2.24 bits per heavy atom. The third kappa shape index (κ3) is 5.65. The first-order valence-corrected chi connectivity index (χ1v) is 8.38. The first-order valence-electron chi connectivity index (χ1n) is 6.51. The molecule has 0 saturated heterocycles. The number of guanidine groups is 1. The number of hydrogen-bond donors (Lipinski definition) is 2. The van der Waals surface area contributed by atoms with Crippen LogP contribution >= 0.6 is 23.1 Å². The molecule has 0 unspecified atom stereocenters. The second-order valence-electron chi connectivity index (χ2n) is 4.12. The quantitative estimate of drug-likeness (QED) is 0.355. The fourth-order valence-corrected chi connectivity index (χ4v) is 3.20. The van der Waals surface area contributed by atoms with E-state index in [0.717, 1.165) is 28.0 Å². The first kappa shape index (κ1) is 15.7. The van der Waals surface area contributed by atoms with Gasteiger partial charge >= 0.3 is 0 Å². The lowest BCUT2D eigenvalue weighted by atomic mass is 10.3. The van der Waals surface area contributed by atoms with Crippen molar-refractivity contribution in [3.8, 4) is 5.75 Å². The van der Waals surface area contributed by atoms with Crippen LogP contribution in [0.25, 0.3) is 0 Å². The number of methoxy groups -OCH3 is 1. The molecule has 0 amide bonds. The number of ether oxygens (including phenoxy) is 1. The number of thioether (sulfide) groups is 1. The molecule has 21 heavy (non-hydrogen) atoms. The van der Waals surface area contributed by atoms with Gasteiger partial charge in [0.25, 0.3) is 0 Å². The van der Waals surface area contributed by atoms with Crippen LogP contribution < -0.4 is 15.8 Å². The highest BCUT2D eigenvalue weighted by Gasteiger charge is 1.98. The van der Waals surface area contributed by atoms with E-state index in [0.29, 0.717) is 12.5 Å². The summed E-state index contributed by atoms with van der Waals surface area (Å²) in [5, 5.41) is 5.04. The lowest BCUT2D eigenvalue weighted by Gasteiger charge is -2.06.